The van der Waals surface area contributed by atoms with Crippen LogP contribution in [-0.2, 0) is 11.2 Å². The molecule has 0 aliphatic carbocycles. The number of carbonyl (C=O) groups excluding carboxylic acids is 1. The van der Waals surface area contributed by atoms with Crippen LogP contribution >= 0.6 is 15.9 Å². The van der Waals surface area contributed by atoms with E-state index in [1.165, 1.54) is 13.2 Å². The van der Waals surface area contributed by atoms with Crippen LogP contribution in [0.15, 0.2) is 16.6 Å². The first-order chi connectivity index (χ1) is 6.60. The lowest BCUT2D eigenvalue weighted by atomic mass is 10.1. The van der Waals surface area contributed by atoms with E-state index >= 15 is 0 Å². The number of carbonyl (C=O) groups is 1. The summed E-state index contributed by atoms with van der Waals surface area (Å²) in [5, 5.41) is 0. The van der Waals surface area contributed by atoms with Crippen molar-refractivity contribution in [1.29, 1.82) is 0 Å². The maximum absolute atomic E-state index is 13.4. The molecular weight excluding hydrogens is 251 g/mol. The van der Waals surface area contributed by atoms with E-state index in [2.05, 4.69) is 20.7 Å². The predicted molar refractivity (Wildman–Crippen MR) is 54.8 cm³/mol. The van der Waals surface area contributed by atoms with Crippen molar-refractivity contribution >= 4 is 21.9 Å². The number of benzene rings is 1. The monoisotopic (exact) mass is 260 g/mol. The van der Waals surface area contributed by atoms with Crippen LogP contribution in [0.25, 0.3) is 0 Å². The third kappa shape index (κ3) is 2.12. The number of methoxy groups -OCH3 is 1. The molecule has 0 fully saturated rings. The number of halogens is 2. The Hall–Kier alpha value is -0.900. The molecule has 0 aliphatic rings. The normalized spacial score (nSPS) is 10.0. The van der Waals surface area contributed by atoms with Crippen LogP contribution in [0.5, 0.6) is 0 Å². The van der Waals surface area contributed by atoms with Crippen LogP contribution in [0.1, 0.15) is 22.8 Å². The van der Waals surface area contributed by atoms with Gasteiger partial charge in [0.15, 0.2) is 5.82 Å². The van der Waals surface area contributed by atoms with Crippen molar-refractivity contribution in [1.82, 2.24) is 0 Å². The van der Waals surface area contributed by atoms with Gasteiger partial charge in [-0.3, -0.25) is 0 Å². The fourth-order valence-electron chi connectivity index (χ4n) is 1.11. The molecule has 0 spiro atoms. The first kappa shape index (κ1) is 11.2. The van der Waals surface area contributed by atoms with Crippen molar-refractivity contribution in [3.05, 3.63) is 33.5 Å². The van der Waals surface area contributed by atoms with Gasteiger partial charge in [-0.25, -0.2) is 9.18 Å². The lowest BCUT2D eigenvalue weighted by molar-refractivity contribution is 0.0595. The van der Waals surface area contributed by atoms with Gasteiger partial charge in [-0.1, -0.05) is 6.92 Å². The summed E-state index contributed by atoms with van der Waals surface area (Å²) in [7, 11) is 1.23. The molecule has 0 aliphatic heterocycles. The van der Waals surface area contributed by atoms with Gasteiger partial charge >= 0.3 is 5.97 Å². The van der Waals surface area contributed by atoms with Crippen LogP contribution in [0.3, 0.4) is 0 Å². The SMILES string of the molecule is CCc1cc(Br)c(F)c(C(=O)OC)c1. The molecule has 0 unspecified atom stereocenters. The van der Waals surface area contributed by atoms with Gasteiger partial charge in [0.25, 0.3) is 0 Å². The van der Waals surface area contributed by atoms with Gasteiger partial charge in [-0.2, -0.15) is 0 Å². The van der Waals surface area contributed by atoms with Crippen LogP contribution < -0.4 is 0 Å². The fourth-order valence-corrected chi connectivity index (χ4v) is 1.62. The minimum absolute atomic E-state index is 0.0290. The molecule has 0 heterocycles. The summed E-state index contributed by atoms with van der Waals surface area (Å²) in [5.74, 6) is -1.23. The van der Waals surface area contributed by atoms with Gasteiger partial charge in [0, 0.05) is 0 Å². The summed E-state index contributed by atoms with van der Waals surface area (Å²) in [4.78, 5) is 11.2. The van der Waals surface area contributed by atoms with Crippen LogP contribution in [0, 0.1) is 5.82 Å². The molecule has 0 saturated heterocycles. The standard InChI is InChI=1S/C10H10BrFO2/c1-3-6-4-7(10(13)14-2)9(12)8(11)5-6/h4-5H,3H2,1-2H3. The molecule has 0 saturated carbocycles. The number of ether oxygens (including phenoxy) is 1. The molecule has 1 aromatic rings. The second-order valence-corrected chi connectivity index (χ2v) is 3.64. The van der Waals surface area contributed by atoms with E-state index < -0.39 is 11.8 Å². The van der Waals surface area contributed by atoms with Gasteiger partial charge in [0.05, 0.1) is 17.1 Å². The zero-order chi connectivity index (χ0) is 10.7. The molecule has 14 heavy (non-hydrogen) atoms. The van der Waals surface area contributed by atoms with Crippen molar-refractivity contribution in [2.75, 3.05) is 7.11 Å². The van der Waals surface area contributed by atoms with Crippen molar-refractivity contribution < 1.29 is 13.9 Å². The molecular formula is C10H10BrFO2. The molecule has 0 atom stereocenters. The van der Waals surface area contributed by atoms with E-state index in [1.54, 1.807) is 6.07 Å². The van der Waals surface area contributed by atoms with Crippen LogP contribution in [-0.4, -0.2) is 13.1 Å². The number of esters is 1. The average molecular weight is 261 g/mol. The van der Waals surface area contributed by atoms with E-state index in [-0.39, 0.29) is 10.0 Å². The third-order valence-electron chi connectivity index (χ3n) is 1.90. The first-order valence-corrected chi connectivity index (χ1v) is 4.95. The molecule has 0 bridgehead atoms. The van der Waals surface area contributed by atoms with Crippen LogP contribution in [0.2, 0.25) is 0 Å². The Balaban J connectivity index is 3.27. The topological polar surface area (TPSA) is 26.3 Å². The number of hydrogen-bond acceptors (Lipinski definition) is 2. The van der Waals surface area contributed by atoms with E-state index in [0.717, 1.165) is 12.0 Å². The lowest BCUT2D eigenvalue weighted by Gasteiger charge is -2.05. The van der Waals surface area contributed by atoms with Gasteiger partial charge in [-0.15, -0.1) is 0 Å². The zero-order valence-electron chi connectivity index (χ0n) is 7.93. The maximum atomic E-state index is 13.4. The highest BCUT2D eigenvalue weighted by molar-refractivity contribution is 9.10. The number of rotatable bonds is 2. The van der Waals surface area contributed by atoms with Gasteiger partial charge in [-0.05, 0) is 40.0 Å². The first-order valence-electron chi connectivity index (χ1n) is 4.16. The quantitative estimate of drug-likeness (QED) is 0.765. The molecule has 0 amide bonds. The molecule has 0 radical (unpaired) electrons. The second kappa shape index (κ2) is 4.55. The highest BCUT2D eigenvalue weighted by Gasteiger charge is 2.15. The number of hydrogen-bond donors (Lipinski definition) is 0. The third-order valence-corrected chi connectivity index (χ3v) is 2.48. The van der Waals surface area contributed by atoms with Gasteiger partial charge in [0.2, 0.25) is 0 Å². The van der Waals surface area contributed by atoms with Gasteiger partial charge in [0.1, 0.15) is 0 Å². The Morgan fingerprint density at radius 3 is 2.71 bits per heavy atom. The Labute approximate surface area is 90.2 Å². The molecule has 0 aromatic heterocycles. The number of aryl methyl sites for hydroxylation is 1. The summed E-state index contributed by atoms with van der Waals surface area (Å²) >= 11 is 3.05. The minimum Gasteiger partial charge on any atom is -0.465 e. The zero-order valence-corrected chi connectivity index (χ0v) is 9.52. The Bertz CT molecular complexity index is 363. The molecule has 1 aromatic carbocycles. The molecule has 2 nitrogen and oxygen atoms in total. The molecule has 1 rings (SSSR count). The summed E-state index contributed by atoms with van der Waals surface area (Å²) in [6, 6.07) is 3.16. The molecule has 76 valence electrons. The maximum Gasteiger partial charge on any atom is 0.340 e. The summed E-state index contributed by atoms with van der Waals surface area (Å²) in [6.07, 6.45) is 0.739. The second-order valence-electron chi connectivity index (χ2n) is 2.78. The summed E-state index contributed by atoms with van der Waals surface area (Å²) in [6.45, 7) is 1.93. The van der Waals surface area contributed by atoms with Gasteiger partial charge < -0.3 is 4.74 Å². The van der Waals surface area contributed by atoms with Crippen molar-refractivity contribution in [3.63, 3.8) is 0 Å². The van der Waals surface area contributed by atoms with Crippen molar-refractivity contribution in [2.45, 2.75) is 13.3 Å². The van der Waals surface area contributed by atoms with Crippen molar-refractivity contribution in [2.24, 2.45) is 0 Å². The van der Waals surface area contributed by atoms with E-state index in [4.69, 9.17) is 0 Å². The highest BCUT2D eigenvalue weighted by Crippen LogP contribution is 2.22. The van der Waals surface area contributed by atoms with E-state index in [9.17, 15) is 9.18 Å². The lowest BCUT2D eigenvalue weighted by Crippen LogP contribution is -2.05. The van der Waals surface area contributed by atoms with Crippen LogP contribution in [0.4, 0.5) is 4.39 Å². The van der Waals surface area contributed by atoms with Crippen molar-refractivity contribution in [3.8, 4) is 0 Å². The Morgan fingerprint density at radius 1 is 1.57 bits per heavy atom. The highest BCUT2D eigenvalue weighted by atomic mass is 79.9. The van der Waals surface area contributed by atoms with E-state index in [1.807, 2.05) is 6.92 Å². The summed E-state index contributed by atoms with van der Waals surface area (Å²) < 4.78 is 18.2. The predicted octanol–water partition coefficient (Wildman–Crippen LogP) is 2.94. The smallest absolute Gasteiger partial charge is 0.340 e. The Kier molecular flexibility index (Phi) is 3.63. The largest absolute Gasteiger partial charge is 0.465 e. The minimum atomic E-state index is -0.654. The summed E-state index contributed by atoms with van der Waals surface area (Å²) in [5.41, 5.74) is 0.859. The Morgan fingerprint density at radius 2 is 2.21 bits per heavy atom. The molecule has 0 N–H and O–H groups in total. The average Bonchev–Trinajstić information content (AvgIpc) is 2.20. The molecule has 4 heteroatoms. The fraction of sp³-hybridized carbons (Fsp3) is 0.300. The van der Waals surface area contributed by atoms with E-state index in [0.29, 0.717) is 0 Å².